The first-order chi connectivity index (χ1) is 12.2. The van der Waals surface area contributed by atoms with E-state index in [0.29, 0.717) is 0 Å². The van der Waals surface area contributed by atoms with Crippen molar-refractivity contribution in [3.05, 3.63) is 96.1 Å². The maximum Gasteiger partial charge on any atom is 0.0165 e. The van der Waals surface area contributed by atoms with Crippen LogP contribution in [-0.4, -0.2) is 0 Å². The summed E-state index contributed by atoms with van der Waals surface area (Å²) in [7, 11) is 0. The van der Waals surface area contributed by atoms with Crippen molar-refractivity contribution < 1.29 is 0 Å². The molecule has 5 rings (SSSR count). The molecule has 0 heterocycles. The van der Waals surface area contributed by atoms with Gasteiger partial charge in [0.2, 0.25) is 0 Å². The summed E-state index contributed by atoms with van der Waals surface area (Å²) in [5.74, 6) is 0. The summed E-state index contributed by atoms with van der Waals surface area (Å²) in [6, 6.07) is 30.9. The van der Waals surface area contributed by atoms with Crippen LogP contribution in [0.25, 0.3) is 33.0 Å². The summed E-state index contributed by atoms with van der Waals surface area (Å²) < 4.78 is 0. The van der Waals surface area contributed by atoms with Crippen molar-refractivity contribution in [1.29, 1.82) is 0 Å². The van der Waals surface area contributed by atoms with Crippen molar-refractivity contribution in [2.45, 2.75) is 26.7 Å². The van der Waals surface area contributed by atoms with E-state index in [0.717, 1.165) is 0 Å². The molecule has 4 aromatic carbocycles. The second-order valence-corrected chi connectivity index (χ2v) is 7.43. The van der Waals surface area contributed by atoms with Crippen LogP contribution in [0.1, 0.15) is 32.4 Å². The van der Waals surface area contributed by atoms with E-state index in [-0.39, 0.29) is 12.8 Å². The molecule has 0 saturated carbocycles. The predicted octanol–water partition coefficient (Wildman–Crippen LogP) is 7.45. The highest BCUT2D eigenvalue weighted by molar-refractivity contribution is 6.00. The zero-order valence-electron chi connectivity index (χ0n) is 14.6. The van der Waals surface area contributed by atoms with Crippen molar-refractivity contribution in [1.82, 2.24) is 0 Å². The summed E-state index contributed by atoms with van der Waals surface area (Å²) in [6.07, 6.45) is 0. The Labute approximate surface area is 156 Å². The van der Waals surface area contributed by atoms with E-state index in [1.165, 1.54) is 44.2 Å². The Balaban J connectivity index is 0.00000168. The Hall–Kier alpha value is -2.86. The number of hydrogen-bond acceptors (Lipinski definition) is 0. The number of hydrogen-bond donors (Lipinski definition) is 0. The van der Waals surface area contributed by atoms with E-state index < -0.39 is 0 Å². The van der Waals surface area contributed by atoms with Gasteiger partial charge in [0.25, 0.3) is 0 Å². The van der Waals surface area contributed by atoms with Crippen LogP contribution in [0.3, 0.4) is 0 Å². The molecule has 0 radical (unpaired) electrons. The molecule has 0 bridgehead atoms. The molecule has 0 atom stereocenters. The van der Waals surface area contributed by atoms with Gasteiger partial charge in [0.15, 0.2) is 0 Å². The number of benzene rings is 4. The SMILES string of the molecule is C.CC1(C)c2ccccc2-c2cccc(-c3cccc4ccccc34)c21. The monoisotopic (exact) mass is 336 g/mol. The standard InChI is InChI=1S/C25H20.CH4/c1-25(2)23-16-6-5-12-20(23)22-15-8-14-21(24(22)25)19-13-7-10-17-9-3-4-11-18(17)19;/h3-16H,1-2H3;1H4. The lowest BCUT2D eigenvalue weighted by molar-refractivity contribution is 0.662. The minimum atomic E-state index is 0. The Morgan fingerprint density at radius 3 is 1.92 bits per heavy atom. The fourth-order valence-electron chi connectivity index (χ4n) is 4.53. The third kappa shape index (κ3) is 2.15. The van der Waals surface area contributed by atoms with E-state index in [2.05, 4.69) is 98.8 Å². The van der Waals surface area contributed by atoms with Crippen LogP contribution in [0.2, 0.25) is 0 Å². The topological polar surface area (TPSA) is 0 Å². The fraction of sp³-hybridized carbons (Fsp3) is 0.154. The zero-order valence-corrected chi connectivity index (χ0v) is 14.6. The third-order valence-electron chi connectivity index (χ3n) is 5.66. The quantitative estimate of drug-likeness (QED) is 0.338. The van der Waals surface area contributed by atoms with Gasteiger partial charge < -0.3 is 0 Å². The maximum absolute atomic E-state index is 2.35. The molecule has 0 aromatic heterocycles. The Bertz CT molecular complexity index is 1110. The molecular formula is C26H24. The first-order valence-electron chi connectivity index (χ1n) is 8.89. The first kappa shape index (κ1) is 16.6. The lowest BCUT2D eigenvalue weighted by Crippen LogP contribution is -2.16. The van der Waals surface area contributed by atoms with E-state index in [1.54, 1.807) is 0 Å². The van der Waals surface area contributed by atoms with Crippen molar-refractivity contribution >= 4 is 10.8 Å². The highest BCUT2D eigenvalue weighted by atomic mass is 14.4. The van der Waals surface area contributed by atoms with Crippen LogP contribution in [0.4, 0.5) is 0 Å². The second-order valence-electron chi connectivity index (χ2n) is 7.43. The van der Waals surface area contributed by atoms with E-state index in [4.69, 9.17) is 0 Å². The van der Waals surface area contributed by atoms with Crippen LogP contribution in [0, 0.1) is 0 Å². The number of rotatable bonds is 1. The van der Waals surface area contributed by atoms with Gasteiger partial charge in [-0.3, -0.25) is 0 Å². The van der Waals surface area contributed by atoms with Gasteiger partial charge in [-0.05, 0) is 44.2 Å². The Morgan fingerprint density at radius 2 is 1.08 bits per heavy atom. The molecule has 0 unspecified atom stereocenters. The predicted molar refractivity (Wildman–Crippen MR) is 114 cm³/mol. The minimum absolute atomic E-state index is 0. The van der Waals surface area contributed by atoms with Crippen LogP contribution < -0.4 is 0 Å². The molecule has 26 heavy (non-hydrogen) atoms. The summed E-state index contributed by atoms with van der Waals surface area (Å²) in [4.78, 5) is 0. The lowest BCUT2D eigenvalue weighted by Gasteiger charge is -2.25. The van der Waals surface area contributed by atoms with Crippen molar-refractivity contribution in [3.63, 3.8) is 0 Å². The molecule has 0 N–H and O–H groups in total. The molecule has 1 aliphatic carbocycles. The van der Waals surface area contributed by atoms with Gasteiger partial charge in [-0.2, -0.15) is 0 Å². The highest BCUT2D eigenvalue weighted by Gasteiger charge is 2.37. The molecule has 1 aliphatic rings. The van der Waals surface area contributed by atoms with Gasteiger partial charge in [-0.15, -0.1) is 0 Å². The van der Waals surface area contributed by atoms with Gasteiger partial charge in [0.05, 0.1) is 0 Å². The number of fused-ring (bicyclic) bond motifs is 4. The largest absolute Gasteiger partial charge is 0.0776 e. The molecule has 0 aliphatic heterocycles. The lowest BCUT2D eigenvalue weighted by atomic mass is 9.78. The Kier molecular flexibility index (Phi) is 3.73. The Morgan fingerprint density at radius 1 is 0.538 bits per heavy atom. The van der Waals surface area contributed by atoms with Crippen LogP contribution in [-0.2, 0) is 5.41 Å². The molecule has 128 valence electrons. The minimum Gasteiger partial charge on any atom is -0.0776 e. The van der Waals surface area contributed by atoms with Crippen LogP contribution >= 0.6 is 0 Å². The van der Waals surface area contributed by atoms with Gasteiger partial charge in [0.1, 0.15) is 0 Å². The van der Waals surface area contributed by atoms with Crippen molar-refractivity contribution in [2.24, 2.45) is 0 Å². The summed E-state index contributed by atoms with van der Waals surface area (Å²) in [6.45, 7) is 4.71. The third-order valence-corrected chi connectivity index (χ3v) is 5.66. The average molecular weight is 336 g/mol. The molecule has 0 fully saturated rings. The molecule has 0 saturated heterocycles. The van der Waals surface area contributed by atoms with Crippen LogP contribution in [0.5, 0.6) is 0 Å². The molecule has 4 aromatic rings. The van der Waals surface area contributed by atoms with E-state index in [1.807, 2.05) is 0 Å². The van der Waals surface area contributed by atoms with Gasteiger partial charge in [-0.1, -0.05) is 106 Å². The summed E-state index contributed by atoms with van der Waals surface area (Å²) >= 11 is 0. The van der Waals surface area contributed by atoms with Crippen molar-refractivity contribution in [3.8, 4) is 22.3 Å². The summed E-state index contributed by atoms with van der Waals surface area (Å²) in [5, 5.41) is 2.62. The van der Waals surface area contributed by atoms with Gasteiger partial charge >= 0.3 is 0 Å². The van der Waals surface area contributed by atoms with Crippen LogP contribution in [0.15, 0.2) is 84.9 Å². The molecule has 0 heteroatoms. The average Bonchev–Trinajstić information content (AvgIpc) is 2.90. The molecule has 0 nitrogen and oxygen atoms in total. The van der Waals surface area contributed by atoms with Gasteiger partial charge in [0, 0.05) is 5.41 Å². The van der Waals surface area contributed by atoms with E-state index in [9.17, 15) is 0 Å². The normalized spacial score (nSPS) is 13.8. The van der Waals surface area contributed by atoms with Gasteiger partial charge in [-0.25, -0.2) is 0 Å². The smallest absolute Gasteiger partial charge is 0.0165 e. The molecule has 0 amide bonds. The highest BCUT2D eigenvalue weighted by Crippen LogP contribution is 2.52. The first-order valence-corrected chi connectivity index (χ1v) is 8.89. The fourth-order valence-corrected chi connectivity index (χ4v) is 4.53. The second kappa shape index (κ2) is 5.85. The molecule has 0 spiro atoms. The van der Waals surface area contributed by atoms with Crippen molar-refractivity contribution in [2.75, 3.05) is 0 Å². The summed E-state index contributed by atoms with van der Waals surface area (Å²) in [5.41, 5.74) is 8.34. The maximum atomic E-state index is 2.35. The zero-order chi connectivity index (χ0) is 17.0. The molecular weight excluding hydrogens is 312 g/mol. The van der Waals surface area contributed by atoms with E-state index >= 15 is 0 Å².